The van der Waals surface area contributed by atoms with Crippen molar-refractivity contribution in [1.29, 1.82) is 0 Å². The molecule has 0 spiro atoms. The van der Waals surface area contributed by atoms with Crippen LogP contribution in [0.2, 0.25) is 0 Å². The summed E-state index contributed by atoms with van der Waals surface area (Å²) in [5.74, 6) is -1.38. The fraction of sp³-hybridized carbons (Fsp3) is 0.150. The van der Waals surface area contributed by atoms with Crippen LogP contribution >= 0.6 is 11.8 Å². The lowest BCUT2D eigenvalue weighted by Crippen LogP contribution is -2.27. The summed E-state index contributed by atoms with van der Waals surface area (Å²) in [5.41, 5.74) is 1.21. The van der Waals surface area contributed by atoms with Crippen LogP contribution in [0.15, 0.2) is 53.4 Å². The van der Waals surface area contributed by atoms with Crippen LogP contribution in [-0.2, 0) is 16.1 Å². The molecule has 0 aromatic heterocycles. The number of amides is 2. The van der Waals surface area contributed by atoms with Gasteiger partial charge in [0.2, 0.25) is 0 Å². The monoisotopic (exact) mass is 401 g/mol. The van der Waals surface area contributed by atoms with Crippen molar-refractivity contribution in [3.8, 4) is 5.75 Å². The summed E-state index contributed by atoms with van der Waals surface area (Å²) in [4.78, 5) is 36.8. The molecule has 6 nitrogen and oxygen atoms in total. The smallest absolute Gasteiger partial charge is 0.306 e. The lowest BCUT2D eigenvalue weighted by atomic mass is 10.1. The van der Waals surface area contributed by atoms with Gasteiger partial charge in [0.05, 0.1) is 24.5 Å². The number of benzene rings is 2. The maximum atomic E-state index is 13.0. The molecule has 0 radical (unpaired) electrons. The van der Waals surface area contributed by atoms with Gasteiger partial charge in [-0.3, -0.25) is 19.3 Å². The van der Waals surface area contributed by atoms with Gasteiger partial charge in [-0.25, -0.2) is 4.39 Å². The van der Waals surface area contributed by atoms with E-state index in [-0.39, 0.29) is 24.5 Å². The van der Waals surface area contributed by atoms with Crippen molar-refractivity contribution < 1.29 is 28.6 Å². The highest BCUT2D eigenvalue weighted by Crippen LogP contribution is 2.34. The average molecular weight is 401 g/mol. The summed E-state index contributed by atoms with van der Waals surface area (Å²) in [7, 11) is 0. The third-order valence-corrected chi connectivity index (χ3v) is 4.81. The van der Waals surface area contributed by atoms with Crippen LogP contribution in [-0.4, -0.2) is 33.7 Å². The molecule has 0 atom stereocenters. The molecular weight excluding hydrogens is 385 g/mol. The second kappa shape index (κ2) is 8.71. The van der Waals surface area contributed by atoms with Gasteiger partial charge < -0.3 is 9.84 Å². The fourth-order valence-corrected chi connectivity index (χ4v) is 3.36. The minimum absolute atomic E-state index is 0.00771. The molecule has 2 aromatic rings. The predicted molar refractivity (Wildman–Crippen MR) is 102 cm³/mol. The topological polar surface area (TPSA) is 83.9 Å². The van der Waals surface area contributed by atoms with Gasteiger partial charge in [0, 0.05) is 5.56 Å². The van der Waals surface area contributed by atoms with Crippen LogP contribution in [0, 0.1) is 5.82 Å². The molecular formula is C20H16FNO5S. The predicted octanol–water partition coefficient (Wildman–Crippen LogP) is 3.92. The van der Waals surface area contributed by atoms with Gasteiger partial charge in [-0.1, -0.05) is 30.3 Å². The van der Waals surface area contributed by atoms with E-state index < -0.39 is 22.9 Å². The summed E-state index contributed by atoms with van der Waals surface area (Å²) in [6, 6.07) is 12.4. The summed E-state index contributed by atoms with van der Waals surface area (Å²) in [6.45, 7) is 0.0469. The van der Waals surface area contributed by atoms with Crippen molar-refractivity contribution in [3.63, 3.8) is 0 Å². The zero-order valence-electron chi connectivity index (χ0n) is 14.6. The van der Waals surface area contributed by atoms with E-state index in [0.717, 1.165) is 16.7 Å². The lowest BCUT2D eigenvalue weighted by molar-refractivity contribution is -0.137. The molecule has 2 aromatic carbocycles. The third kappa shape index (κ3) is 4.77. The van der Waals surface area contributed by atoms with E-state index in [1.807, 2.05) is 0 Å². The van der Waals surface area contributed by atoms with Crippen LogP contribution < -0.4 is 4.74 Å². The molecule has 3 rings (SSSR count). The number of carboxylic acid groups (broad SMARTS) is 1. The van der Waals surface area contributed by atoms with Crippen LogP contribution in [0.1, 0.15) is 17.5 Å². The Balaban J connectivity index is 1.76. The van der Waals surface area contributed by atoms with Crippen molar-refractivity contribution in [2.24, 2.45) is 0 Å². The van der Waals surface area contributed by atoms with E-state index in [0.29, 0.717) is 16.9 Å². The first-order valence-corrected chi connectivity index (χ1v) is 9.19. The van der Waals surface area contributed by atoms with E-state index in [4.69, 9.17) is 9.84 Å². The number of rotatable bonds is 7. The van der Waals surface area contributed by atoms with Crippen LogP contribution in [0.25, 0.3) is 6.08 Å². The van der Waals surface area contributed by atoms with Crippen LogP contribution in [0.5, 0.6) is 5.75 Å². The van der Waals surface area contributed by atoms with Gasteiger partial charge in [0.25, 0.3) is 11.1 Å². The molecule has 1 aliphatic heterocycles. The zero-order valence-corrected chi connectivity index (χ0v) is 15.4. The molecule has 0 saturated carbocycles. The molecule has 1 fully saturated rings. The molecule has 0 bridgehead atoms. The van der Waals surface area contributed by atoms with E-state index in [9.17, 15) is 18.8 Å². The van der Waals surface area contributed by atoms with Crippen molar-refractivity contribution in [2.75, 3.05) is 6.61 Å². The molecule has 1 saturated heterocycles. The maximum Gasteiger partial charge on any atom is 0.306 e. The molecule has 144 valence electrons. The maximum absolute atomic E-state index is 13.0. The largest absolute Gasteiger partial charge is 0.492 e. The van der Waals surface area contributed by atoms with E-state index in [1.54, 1.807) is 30.3 Å². The highest BCUT2D eigenvalue weighted by atomic mass is 32.2. The minimum Gasteiger partial charge on any atom is -0.492 e. The van der Waals surface area contributed by atoms with Crippen molar-refractivity contribution in [3.05, 3.63) is 70.4 Å². The second-order valence-corrected chi connectivity index (χ2v) is 6.92. The number of hydrogen-bond donors (Lipinski definition) is 1. The quantitative estimate of drug-likeness (QED) is 0.708. The number of para-hydroxylation sites is 1. The standard InChI is InChI=1S/C20H16FNO5S/c21-15-7-5-13(6-8-15)12-22-19(25)17(28-20(22)26)11-14-3-1-2-4-16(14)27-10-9-18(23)24/h1-8,11H,9-10,12H2,(H,23,24)/b17-11+. The van der Waals surface area contributed by atoms with Gasteiger partial charge in [-0.2, -0.15) is 0 Å². The highest BCUT2D eigenvalue weighted by Gasteiger charge is 2.35. The average Bonchev–Trinajstić information content (AvgIpc) is 2.92. The number of carboxylic acids is 1. The third-order valence-electron chi connectivity index (χ3n) is 3.91. The molecule has 28 heavy (non-hydrogen) atoms. The normalized spacial score (nSPS) is 15.3. The number of nitrogens with zero attached hydrogens (tertiary/aromatic N) is 1. The number of thioether (sulfide) groups is 1. The van der Waals surface area contributed by atoms with Crippen LogP contribution in [0.4, 0.5) is 9.18 Å². The van der Waals surface area contributed by atoms with E-state index in [2.05, 4.69) is 0 Å². The van der Waals surface area contributed by atoms with Gasteiger partial charge in [0.1, 0.15) is 11.6 Å². The first kappa shape index (κ1) is 19.6. The van der Waals surface area contributed by atoms with Crippen molar-refractivity contribution in [2.45, 2.75) is 13.0 Å². The number of halogens is 1. The molecule has 1 N–H and O–H groups in total. The number of hydrogen-bond acceptors (Lipinski definition) is 5. The van der Waals surface area contributed by atoms with Crippen molar-refractivity contribution >= 4 is 35.0 Å². The molecule has 1 aliphatic rings. The van der Waals surface area contributed by atoms with Gasteiger partial charge in [-0.05, 0) is 41.6 Å². The second-order valence-electron chi connectivity index (χ2n) is 5.92. The summed E-state index contributed by atoms with van der Waals surface area (Å²) >= 11 is 0.811. The molecule has 8 heteroatoms. The molecule has 0 aliphatic carbocycles. The Labute approximate surface area is 164 Å². The number of carbonyl (C=O) groups excluding carboxylic acids is 2. The van der Waals surface area contributed by atoms with E-state index >= 15 is 0 Å². The summed E-state index contributed by atoms with van der Waals surface area (Å²) < 4.78 is 18.5. The Bertz CT molecular complexity index is 942. The Kier molecular flexibility index (Phi) is 6.10. The SMILES string of the molecule is O=C(O)CCOc1ccccc1/C=C1/SC(=O)N(Cc2ccc(F)cc2)C1=O. The Morgan fingerprint density at radius 1 is 1.14 bits per heavy atom. The fourth-order valence-electron chi connectivity index (χ4n) is 2.53. The first-order chi connectivity index (χ1) is 13.4. The number of carbonyl (C=O) groups is 3. The number of imide groups is 1. The number of ether oxygens (including phenoxy) is 1. The van der Waals surface area contributed by atoms with Gasteiger partial charge in [0.15, 0.2) is 0 Å². The summed E-state index contributed by atoms with van der Waals surface area (Å²) in [5, 5.41) is 8.30. The summed E-state index contributed by atoms with van der Waals surface area (Å²) in [6.07, 6.45) is 1.40. The molecule has 2 amide bonds. The van der Waals surface area contributed by atoms with Crippen LogP contribution in [0.3, 0.4) is 0 Å². The lowest BCUT2D eigenvalue weighted by Gasteiger charge is -2.12. The Hall–Kier alpha value is -3.13. The first-order valence-electron chi connectivity index (χ1n) is 8.37. The van der Waals surface area contributed by atoms with Gasteiger partial charge >= 0.3 is 5.97 Å². The number of aliphatic carboxylic acids is 1. The van der Waals surface area contributed by atoms with Gasteiger partial charge in [-0.15, -0.1) is 0 Å². The minimum atomic E-state index is -0.973. The van der Waals surface area contributed by atoms with Crippen molar-refractivity contribution in [1.82, 2.24) is 4.90 Å². The highest BCUT2D eigenvalue weighted by molar-refractivity contribution is 8.18. The Morgan fingerprint density at radius 3 is 2.57 bits per heavy atom. The zero-order chi connectivity index (χ0) is 20.1. The van der Waals surface area contributed by atoms with E-state index in [1.165, 1.54) is 24.3 Å². The Morgan fingerprint density at radius 2 is 1.86 bits per heavy atom. The molecule has 0 unspecified atom stereocenters. The molecule has 1 heterocycles.